The van der Waals surface area contributed by atoms with Crippen molar-refractivity contribution in [3.05, 3.63) is 35.5 Å². The molecule has 0 aliphatic heterocycles. The normalized spacial score (nSPS) is 12.1. The second-order valence-electron chi connectivity index (χ2n) is 3.59. The summed E-state index contributed by atoms with van der Waals surface area (Å²) >= 11 is 0. The number of rotatable bonds is 6. The lowest BCUT2D eigenvalue weighted by Crippen LogP contribution is -2.18. The molecule has 0 bridgehead atoms. The zero-order chi connectivity index (χ0) is 11.8. The predicted octanol–water partition coefficient (Wildman–Crippen LogP) is 1.82. The fourth-order valence-electron chi connectivity index (χ4n) is 1.04. The maximum atomic E-state index is 11.4. The molecule has 5 heteroatoms. The second kappa shape index (κ2) is 6.92. The van der Waals surface area contributed by atoms with Crippen LogP contribution >= 0.6 is 0 Å². The lowest BCUT2D eigenvalue weighted by atomic mass is 10.3. The Morgan fingerprint density at radius 3 is 2.62 bits per heavy atom. The van der Waals surface area contributed by atoms with E-state index in [9.17, 15) is 5.21 Å². The Kier molecular flexibility index (Phi) is 5.45. The Morgan fingerprint density at radius 1 is 1.31 bits per heavy atom. The van der Waals surface area contributed by atoms with Gasteiger partial charge in [0, 0.05) is 23.8 Å². The van der Waals surface area contributed by atoms with Crippen LogP contribution in [0.25, 0.3) is 0 Å². The van der Waals surface area contributed by atoms with Crippen molar-refractivity contribution in [2.75, 3.05) is 34.0 Å². The number of hydrogen-bond donors (Lipinski definition) is 0. The van der Waals surface area contributed by atoms with E-state index >= 15 is 0 Å². The highest BCUT2D eigenvalue weighted by Crippen LogP contribution is 2.09. The van der Waals surface area contributed by atoms with Gasteiger partial charge in [-0.25, -0.2) is 0 Å². The van der Waals surface area contributed by atoms with E-state index in [1.165, 1.54) is 0 Å². The van der Waals surface area contributed by atoms with Crippen molar-refractivity contribution in [3.63, 3.8) is 0 Å². The van der Waals surface area contributed by atoms with E-state index in [2.05, 4.69) is 5.11 Å². The monoisotopic (exact) mass is 223 g/mol. The molecule has 0 fully saturated rings. The molecule has 1 rings (SSSR count). The Balaban J connectivity index is 2.29. The van der Waals surface area contributed by atoms with Crippen LogP contribution in [0.1, 0.15) is 0 Å². The second-order valence-corrected chi connectivity index (χ2v) is 3.59. The molecule has 0 heterocycles. The summed E-state index contributed by atoms with van der Waals surface area (Å²) in [5.74, 6) is 0. The van der Waals surface area contributed by atoms with Gasteiger partial charge in [0.1, 0.15) is 0 Å². The molecule has 0 radical (unpaired) electrons. The van der Waals surface area contributed by atoms with Crippen LogP contribution in [0.15, 0.2) is 35.4 Å². The van der Waals surface area contributed by atoms with E-state index in [4.69, 9.17) is 4.74 Å². The molecule has 0 aromatic heterocycles. The minimum atomic E-state index is 0.0895. The zero-order valence-electron chi connectivity index (χ0n) is 9.67. The first kappa shape index (κ1) is 12.6. The van der Waals surface area contributed by atoms with Gasteiger partial charge < -0.3 is 14.8 Å². The SMILES string of the molecule is CN(C)CCOC/N=[N+](\[O-])c1ccccc1. The van der Waals surface area contributed by atoms with Gasteiger partial charge in [0.25, 0.3) is 0 Å². The average Bonchev–Trinajstić information content (AvgIpc) is 2.29. The van der Waals surface area contributed by atoms with Crippen molar-refractivity contribution in [1.29, 1.82) is 0 Å². The molecule has 0 saturated carbocycles. The molecule has 0 N–H and O–H groups in total. The molecule has 0 unspecified atom stereocenters. The van der Waals surface area contributed by atoms with Crippen LogP contribution in [-0.4, -0.2) is 43.7 Å². The summed E-state index contributed by atoms with van der Waals surface area (Å²) in [6, 6.07) is 8.85. The van der Waals surface area contributed by atoms with Gasteiger partial charge in [0.05, 0.1) is 6.61 Å². The van der Waals surface area contributed by atoms with E-state index in [1.807, 2.05) is 25.1 Å². The average molecular weight is 223 g/mol. The molecule has 5 nitrogen and oxygen atoms in total. The summed E-state index contributed by atoms with van der Waals surface area (Å²) in [5, 5.41) is 15.1. The number of ether oxygens (including phenoxy) is 1. The predicted molar refractivity (Wildman–Crippen MR) is 61.5 cm³/mol. The van der Waals surface area contributed by atoms with Gasteiger partial charge in [-0.3, -0.25) is 0 Å². The van der Waals surface area contributed by atoms with Crippen molar-refractivity contribution in [2.45, 2.75) is 0 Å². The number of azo groups is 1. The minimum Gasteiger partial charge on any atom is -0.594 e. The first-order valence-corrected chi connectivity index (χ1v) is 5.12. The highest BCUT2D eigenvalue weighted by molar-refractivity contribution is 5.27. The van der Waals surface area contributed by atoms with Crippen molar-refractivity contribution < 1.29 is 9.60 Å². The van der Waals surface area contributed by atoms with E-state index < -0.39 is 0 Å². The van der Waals surface area contributed by atoms with Crippen molar-refractivity contribution in [3.8, 4) is 0 Å². The summed E-state index contributed by atoms with van der Waals surface area (Å²) in [6.45, 7) is 1.48. The molecular weight excluding hydrogens is 206 g/mol. The van der Waals surface area contributed by atoms with Gasteiger partial charge in [0.15, 0.2) is 0 Å². The third-order valence-corrected chi connectivity index (χ3v) is 1.94. The number of nitrogens with zero attached hydrogens (tertiary/aromatic N) is 3. The fourth-order valence-corrected chi connectivity index (χ4v) is 1.04. The zero-order valence-corrected chi connectivity index (χ0v) is 9.67. The first-order valence-electron chi connectivity index (χ1n) is 5.12. The van der Waals surface area contributed by atoms with E-state index in [1.54, 1.807) is 24.3 Å². The Hall–Kier alpha value is -1.46. The summed E-state index contributed by atoms with van der Waals surface area (Å²) < 4.78 is 5.19. The molecule has 88 valence electrons. The van der Waals surface area contributed by atoms with Crippen LogP contribution < -0.4 is 0 Å². The van der Waals surface area contributed by atoms with E-state index in [0.29, 0.717) is 17.2 Å². The van der Waals surface area contributed by atoms with Gasteiger partial charge in [-0.2, -0.15) is 0 Å². The third kappa shape index (κ3) is 4.86. The highest BCUT2D eigenvalue weighted by atomic mass is 16.5. The van der Waals surface area contributed by atoms with Crippen LogP contribution in [0.2, 0.25) is 0 Å². The van der Waals surface area contributed by atoms with E-state index in [-0.39, 0.29) is 6.73 Å². The van der Waals surface area contributed by atoms with Crippen LogP contribution in [0.3, 0.4) is 0 Å². The maximum absolute atomic E-state index is 11.4. The number of hydrogen-bond acceptors (Lipinski definition) is 4. The highest BCUT2D eigenvalue weighted by Gasteiger charge is 2.00. The number of likely N-dealkylation sites (N-methyl/N-ethyl adjacent to an activating group) is 1. The fraction of sp³-hybridized carbons (Fsp3) is 0.455. The van der Waals surface area contributed by atoms with Crippen molar-refractivity contribution >= 4 is 5.69 Å². The smallest absolute Gasteiger partial charge is 0.244 e. The maximum Gasteiger partial charge on any atom is 0.244 e. The van der Waals surface area contributed by atoms with Gasteiger partial charge >= 0.3 is 0 Å². The Morgan fingerprint density at radius 2 is 2.00 bits per heavy atom. The van der Waals surface area contributed by atoms with Crippen molar-refractivity contribution in [2.24, 2.45) is 5.11 Å². The molecule has 0 amide bonds. The summed E-state index contributed by atoms with van der Waals surface area (Å²) in [6.07, 6.45) is 0. The topological polar surface area (TPSA) is 50.9 Å². The largest absolute Gasteiger partial charge is 0.594 e. The summed E-state index contributed by atoms with van der Waals surface area (Å²) in [7, 11) is 3.93. The Bertz CT molecular complexity index is 325. The lowest BCUT2D eigenvalue weighted by molar-refractivity contribution is -0.447. The molecular formula is C11H17N3O2. The quantitative estimate of drug-likeness (QED) is 0.320. The molecule has 0 saturated heterocycles. The number of para-hydroxylation sites is 1. The van der Waals surface area contributed by atoms with Gasteiger partial charge in [-0.15, -0.1) is 0 Å². The first-order chi connectivity index (χ1) is 7.70. The van der Waals surface area contributed by atoms with Gasteiger partial charge in [0.2, 0.25) is 12.4 Å². The van der Waals surface area contributed by atoms with Gasteiger partial charge in [-0.1, -0.05) is 23.1 Å². The third-order valence-electron chi connectivity index (χ3n) is 1.94. The molecule has 1 aromatic rings. The van der Waals surface area contributed by atoms with Crippen LogP contribution in [0, 0.1) is 5.21 Å². The summed E-state index contributed by atoms with van der Waals surface area (Å²) in [4.78, 5) is 2.59. The summed E-state index contributed by atoms with van der Waals surface area (Å²) in [5.41, 5.74) is 0.513. The van der Waals surface area contributed by atoms with Crippen LogP contribution in [0.5, 0.6) is 0 Å². The molecule has 1 aromatic carbocycles. The van der Waals surface area contributed by atoms with E-state index in [0.717, 1.165) is 6.54 Å². The molecule has 0 aliphatic rings. The van der Waals surface area contributed by atoms with Gasteiger partial charge in [-0.05, 0) is 14.1 Å². The minimum absolute atomic E-state index is 0.0895. The molecule has 0 aliphatic carbocycles. The van der Waals surface area contributed by atoms with Crippen molar-refractivity contribution in [1.82, 2.24) is 4.90 Å². The Labute approximate surface area is 95.5 Å². The molecule has 0 atom stereocenters. The van der Waals surface area contributed by atoms with Crippen LogP contribution in [-0.2, 0) is 4.74 Å². The molecule has 16 heavy (non-hydrogen) atoms. The standard InChI is InChI=1S/C11H17N3O2/c1-13(2)8-9-16-10-12-14(15)11-6-4-3-5-7-11/h3-7H,8-10H2,1-2H3/b14-12-. The lowest BCUT2D eigenvalue weighted by Gasteiger charge is -2.07. The van der Waals surface area contributed by atoms with Crippen LogP contribution in [0.4, 0.5) is 5.69 Å². The number of benzene rings is 1. The molecule has 0 spiro atoms.